The van der Waals surface area contributed by atoms with E-state index < -0.39 is 0 Å². The van der Waals surface area contributed by atoms with Gasteiger partial charge in [0.2, 0.25) is 5.95 Å². The van der Waals surface area contributed by atoms with E-state index in [1.165, 1.54) is 5.56 Å². The maximum absolute atomic E-state index is 9.66. The maximum Gasteiger partial charge on any atom is 0.229 e. The van der Waals surface area contributed by atoms with Gasteiger partial charge in [-0.25, -0.2) is 4.98 Å². The molecule has 0 radical (unpaired) electrons. The Kier molecular flexibility index (Phi) is 8.39. The van der Waals surface area contributed by atoms with Crippen molar-refractivity contribution in [2.24, 2.45) is 0 Å². The second-order valence-electron chi connectivity index (χ2n) is 6.98. The number of rotatable bonds is 8. The second-order valence-corrected chi connectivity index (χ2v) is 6.98. The number of aromatic nitrogens is 4. The molecular weight excluding hydrogens is 364 g/mol. The molecule has 0 saturated heterocycles. The first-order valence-corrected chi connectivity index (χ1v) is 10.4. The number of anilines is 2. The van der Waals surface area contributed by atoms with Gasteiger partial charge in [-0.1, -0.05) is 51.1 Å². The van der Waals surface area contributed by atoms with E-state index in [1.54, 1.807) is 0 Å². The first-order chi connectivity index (χ1) is 14.0. The molecule has 0 bridgehead atoms. The number of imidazole rings is 1. The lowest BCUT2D eigenvalue weighted by Crippen LogP contribution is -2.35. The van der Waals surface area contributed by atoms with Crippen LogP contribution in [0, 0.1) is 0 Å². The van der Waals surface area contributed by atoms with Gasteiger partial charge in [-0.05, 0) is 25.8 Å². The van der Waals surface area contributed by atoms with Gasteiger partial charge >= 0.3 is 0 Å². The molecule has 0 amide bonds. The summed E-state index contributed by atoms with van der Waals surface area (Å²) in [5.74, 6) is 1.29. The van der Waals surface area contributed by atoms with Crippen LogP contribution in [0.25, 0.3) is 11.2 Å². The number of aliphatic hydroxyl groups is 1. The number of fused-ring (bicyclic) bond motifs is 1. The van der Waals surface area contributed by atoms with E-state index in [2.05, 4.69) is 36.3 Å². The Labute approximate surface area is 173 Å². The van der Waals surface area contributed by atoms with Crippen molar-refractivity contribution >= 4 is 22.9 Å². The average molecular weight is 399 g/mol. The second kappa shape index (κ2) is 10.8. The highest BCUT2D eigenvalue weighted by Crippen LogP contribution is 2.25. The van der Waals surface area contributed by atoms with Gasteiger partial charge in [0.05, 0.1) is 19.0 Å². The Morgan fingerprint density at radius 2 is 1.83 bits per heavy atom. The number of aliphatic hydroxyl groups excluding tert-OH is 1. The molecule has 0 aliphatic rings. The van der Waals surface area contributed by atoms with Crippen molar-refractivity contribution in [3.05, 3.63) is 42.2 Å². The lowest BCUT2D eigenvalue weighted by atomic mass is 10.2. The average Bonchev–Trinajstić information content (AvgIpc) is 3.19. The first kappa shape index (κ1) is 22.6. The fraction of sp³-hybridized carbons (Fsp3) is 0.500. The summed E-state index contributed by atoms with van der Waals surface area (Å²) in [6.07, 6.45) is 2.62. The molecule has 1 aromatic carbocycles. The van der Waals surface area contributed by atoms with Crippen molar-refractivity contribution in [1.82, 2.24) is 19.5 Å². The summed E-state index contributed by atoms with van der Waals surface area (Å²) in [5.41, 5.74) is 2.73. The van der Waals surface area contributed by atoms with Gasteiger partial charge in [0, 0.05) is 19.6 Å². The van der Waals surface area contributed by atoms with Crippen molar-refractivity contribution in [2.45, 2.75) is 59.7 Å². The minimum atomic E-state index is -0.0279. The number of hydrogen-bond donors (Lipinski definition) is 2. The molecule has 0 aliphatic carbocycles. The van der Waals surface area contributed by atoms with Gasteiger partial charge in [-0.3, -0.25) is 0 Å². The lowest BCUT2D eigenvalue weighted by Gasteiger charge is -2.26. The number of hydrogen-bond acceptors (Lipinski definition) is 6. The molecule has 2 N–H and O–H groups in total. The van der Waals surface area contributed by atoms with Crippen LogP contribution in [0.15, 0.2) is 36.7 Å². The van der Waals surface area contributed by atoms with Gasteiger partial charge in [-0.15, -0.1) is 0 Å². The number of likely N-dealkylation sites (N-methyl/N-ethyl adjacent to an activating group) is 1. The van der Waals surface area contributed by atoms with Crippen LogP contribution in [0.3, 0.4) is 0 Å². The molecule has 7 heteroatoms. The molecule has 0 aliphatic heterocycles. The molecule has 158 valence electrons. The summed E-state index contributed by atoms with van der Waals surface area (Å²) in [4.78, 5) is 16.0. The molecule has 0 fully saturated rings. The molecule has 3 rings (SSSR count). The quantitative estimate of drug-likeness (QED) is 0.590. The van der Waals surface area contributed by atoms with E-state index in [0.717, 1.165) is 17.6 Å². The fourth-order valence-corrected chi connectivity index (χ4v) is 3.03. The largest absolute Gasteiger partial charge is 0.394 e. The molecule has 2 aromatic heterocycles. The van der Waals surface area contributed by atoms with Crippen LogP contribution in [0.1, 0.15) is 52.6 Å². The van der Waals surface area contributed by atoms with Crippen LogP contribution in [0.4, 0.5) is 11.8 Å². The normalized spacial score (nSPS) is 11.9. The molecule has 3 aromatic rings. The van der Waals surface area contributed by atoms with E-state index in [4.69, 9.17) is 9.97 Å². The first-order valence-electron chi connectivity index (χ1n) is 10.4. The summed E-state index contributed by atoms with van der Waals surface area (Å²) in [6, 6.07) is 10.4. The van der Waals surface area contributed by atoms with E-state index in [9.17, 15) is 5.11 Å². The summed E-state index contributed by atoms with van der Waals surface area (Å²) in [7, 11) is 1.92. The monoisotopic (exact) mass is 398 g/mol. The molecule has 7 nitrogen and oxygen atoms in total. The molecule has 1 unspecified atom stereocenters. The maximum atomic E-state index is 9.66. The third-order valence-electron chi connectivity index (χ3n) is 4.81. The van der Waals surface area contributed by atoms with Crippen LogP contribution in [0.2, 0.25) is 0 Å². The van der Waals surface area contributed by atoms with Crippen molar-refractivity contribution < 1.29 is 5.11 Å². The SMILES string of the molecule is CC.CCC(CO)N(C)c1nc(NCc2ccccc2)c2ncn(C(C)C)c2n1. The highest BCUT2D eigenvalue weighted by Gasteiger charge is 2.20. The van der Waals surface area contributed by atoms with E-state index in [0.29, 0.717) is 18.3 Å². The Morgan fingerprint density at radius 3 is 2.41 bits per heavy atom. The fourth-order valence-electron chi connectivity index (χ4n) is 3.03. The van der Waals surface area contributed by atoms with Gasteiger partial charge in [0.1, 0.15) is 0 Å². The van der Waals surface area contributed by atoms with Crippen molar-refractivity contribution in [3.63, 3.8) is 0 Å². The minimum absolute atomic E-state index is 0.0279. The smallest absolute Gasteiger partial charge is 0.229 e. The molecule has 0 saturated carbocycles. The third-order valence-corrected chi connectivity index (χ3v) is 4.81. The highest BCUT2D eigenvalue weighted by atomic mass is 16.3. The number of nitrogens with zero attached hydrogens (tertiary/aromatic N) is 5. The Morgan fingerprint density at radius 1 is 1.14 bits per heavy atom. The van der Waals surface area contributed by atoms with Crippen molar-refractivity contribution in [1.29, 1.82) is 0 Å². The lowest BCUT2D eigenvalue weighted by molar-refractivity contribution is 0.258. The van der Waals surface area contributed by atoms with Crippen LogP contribution >= 0.6 is 0 Å². The minimum Gasteiger partial charge on any atom is -0.394 e. The van der Waals surface area contributed by atoms with Gasteiger partial charge in [0.25, 0.3) is 0 Å². The summed E-state index contributed by atoms with van der Waals surface area (Å²) >= 11 is 0. The number of benzene rings is 1. The van der Waals surface area contributed by atoms with Crippen LogP contribution in [-0.4, -0.2) is 44.3 Å². The van der Waals surface area contributed by atoms with Crippen LogP contribution in [0.5, 0.6) is 0 Å². The van der Waals surface area contributed by atoms with Crippen LogP contribution in [-0.2, 0) is 6.54 Å². The van der Waals surface area contributed by atoms with E-state index >= 15 is 0 Å². The topological polar surface area (TPSA) is 79.1 Å². The Balaban J connectivity index is 0.00000145. The summed E-state index contributed by atoms with van der Waals surface area (Å²) < 4.78 is 2.04. The molecule has 0 spiro atoms. The third kappa shape index (κ3) is 5.23. The Hall–Kier alpha value is -2.67. The highest BCUT2D eigenvalue weighted by molar-refractivity contribution is 5.84. The summed E-state index contributed by atoms with van der Waals surface area (Å²) in [5, 5.41) is 13.1. The zero-order valence-electron chi connectivity index (χ0n) is 18.4. The zero-order chi connectivity index (χ0) is 21.4. The number of nitrogens with one attached hydrogen (secondary N) is 1. The molecule has 29 heavy (non-hydrogen) atoms. The molecule has 1 atom stereocenters. The molecule has 2 heterocycles. The van der Waals surface area contributed by atoms with Crippen LogP contribution < -0.4 is 10.2 Å². The predicted octanol–water partition coefficient (Wildman–Crippen LogP) is 4.25. The van der Waals surface area contributed by atoms with Gasteiger partial charge in [-0.2, -0.15) is 9.97 Å². The van der Waals surface area contributed by atoms with Crippen molar-refractivity contribution in [3.8, 4) is 0 Å². The van der Waals surface area contributed by atoms with E-state index in [-0.39, 0.29) is 18.7 Å². The zero-order valence-corrected chi connectivity index (χ0v) is 18.4. The molecular formula is C22H34N6O. The summed E-state index contributed by atoms with van der Waals surface area (Å²) in [6.45, 7) is 11.0. The van der Waals surface area contributed by atoms with Gasteiger partial charge in [0.15, 0.2) is 17.0 Å². The van der Waals surface area contributed by atoms with E-state index in [1.807, 2.05) is 61.8 Å². The van der Waals surface area contributed by atoms with Gasteiger partial charge < -0.3 is 19.9 Å². The standard InChI is InChI=1S/C20H28N6O.C2H6/c1-5-16(12-27)25(4)20-23-18(21-11-15-9-7-6-8-10-15)17-19(24-20)26(13-22-17)14(2)3;1-2/h6-10,13-14,16,27H,5,11-12H2,1-4H3,(H,21,23,24);1-2H3. The predicted molar refractivity (Wildman–Crippen MR) is 120 cm³/mol. The van der Waals surface area contributed by atoms with Crippen molar-refractivity contribution in [2.75, 3.05) is 23.9 Å². The Bertz CT molecular complexity index is 874.